The van der Waals surface area contributed by atoms with Gasteiger partial charge in [-0.05, 0) is 12.1 Å². The standard InChI is InChI=1S/C13H11ClN2O4/c1-15-10(17)7-11(16(2)13(15)19)20-12(18)8-5-3-4-6-9(8)14/h3-7H,1-2H3. The molecule has 1 aromatic heterocycles. The quantitative estimate of drug-likeness (QED) is 0.774. The van der Waals surface area contributed by atoms with Gasteiger partial charge in [0.1, 0.15) is 0 Å². The second-order valence-electron chi connectivity index (χ2n) is 4.09. The second kappa shape index (κ2) is 5.34. The molecule has 0 saturated heterocycles. The minimum Gasteiger partial charge on any atom is -0.405 e. The molecule has 1 heterocycles. The first-order chi connectivity index (χ1) is 9.41. The van der Waals surface area contributed by atoms with E-state index in [-0.39, 0.29) is 16.5 Å². The first-order valence-corrected chi connectivity index (χ1v) is 6.03. The number of rotatable bonds is 2. The summed E-state index contributed by atoms with van der Waals surface area (Å²) in [6, 6.07) is 7.40. The first kappa shape index (κ1) is 14.1. The maximum atomic E-state index is 12.0. The number of carbonyl (C=O) groups excluding carboxylic acids is 1. The third-order valence-electron chi connectivity index (χ3n) is 2.77. The number of ether oxygens (including phenoxy) is 1. The SMILES string of the molecule is Cn1c(OC(=O)c2ccccc2Cl)cc(=O)n(C)c1=O. The minimum atomic E-state index is -0.737. The lowest BCUT2D eigenvalue weighted by atomic mass is 10.2. The predicted octanol–water partition coefficient (Wildman–Crippen LogP) is 0.957. The molecule has 0 atom stereocenters. The highest BCUT2D eigenvalue weighted by molar-refractivity contribution is 6.33. The highest BCUT2D eigenvalue weighted by Gasteiger charge is 2.15. The van der Waals surface area contributed by atoms with E-state index < -0.39 is 17.2 Å². The van der Waals surface area contributed by atoms with E-state index >= 15 is 0 Å². The fraction of sp³-hybridized carbons (Fsp3) is 0.154. The van der Waals surface area contributed by atoms with E-state index in [0.717, 1.165) is 15.2 Å². The summed E-state index contributed by atoms with van der Waals surface area (Å²) in [5, 5.41) is 0.228. The van der Waals surface area contributed by atoms with E-state index in [1.54, 1.807) is 18.2 Å². The van der Waals surface area contributed by atoms with Crippen LogP contribution in [0.5, 0.6) is 5.88 Å². The molecule has 0 bridgehead atoms. The normalized spacial score (nSPS) is 10.3. The lowest BCUT2D eigenvalue weighted by molar-refractivity contribution is 0.0719. The summed E-state index contributed by atoms with van der Waals surface area (Å²) in [6.45, 7) is 0. The molecule has 1 aromatic carbocycles. The van der Waals surface area contributed by atoms with E-state index in [9.17, 15) is 14.4 Å². The molecule has 20 heavy (non-hydrogen) atoms. The molecule has 0 radical (unpaired) electrons. The largest absolute Gasteiger partial charge is 0.405 e. The van der Waals surface area contributed by atoms with Crippen LogP contribution < -0.4 is 16.0 Å². The molecule has 0 fully saturated rings. The Kier molecular flexibility index (Phi) is 3.76. The third-order valence-corrected chi connectivity index (χ3v) is 3.10. The van der Waals surface area contributed by atoms with Crippen LogP contribution in [0.1, 0.15) is 10.4 Å². The van der Waals surface area contributed by atoms with Crippen LogP contribution in [0, 0.1) is 0 Å². The number of hydrogen-bond donors (Lipinski definition) is 0. The number of nitrogens with zero attached hydrogens (tertiary/aromatic N) is 2. The molecule has 0 aliphatic heterocycles. The first-order valence-electron chi connectivity index (χ1n) is 5.65. The molecule has 0 aliphatic rings. The molecule has 0 amide bonds. The van der Waals surface area contributed by atoms with Gasteiger partial charge in [-0.1, -0.05) is 23.7 Å². The van der Waals surface area contributed by atoms with Crippen LogP contribution in [-0.2, 0) is 14.1 Å². The summed E-state index contributed by atoms with van der Waals surface area (Å²) in [5.41, 5.74) is -0.989. The Morgan fingerprint density at radius 2 is 1.80 bits per heavy atom. The van der Waals surface area contributed by atoms with E-state index in [0.29, 0.717) is 0 Å². The molecule has 6 nitrogen and oxygen atoms in total. The zero-order valence-corrected chi connectivity index (χ0v) is 11.5. The highest BCUT2D eigenvalue weighted by Crippen LogP contribution is 2.17. The predicted molar refractivity (Wildman–Crippen MR) is 73.3 cm³/mol. The Bertz CT molecular complexity index is 792. The number of aromatic nitrogens is 2. The van der Waals surface area contributed by atoms with Crippen LogP contribution in [0.15, 0.2) is 39.9 Å². The van der Waals surface area contributed by atoms with Crippen molar-refractivity contribution in [3.8, 4) is 5.88 Å². The molecule has 0 spiro atoms. The van der Waals surface area contributed by atoms with Gasteiger partial charge in [0.25, 0.3) is 5.56 Å². The van der Waals surface area contributed by atoms with Crippen LogP contribution in [0.4, 0.5) is 0 Å². The summed E-state index contributed by atoms with van der Waals surface area (Å²) < 4.78 is 7.03. The average molecular weight is 295 g/mol. The van der Waals surface area contributed by atoms with E-state index in [1.165, 1.54) is 20.2 Å². The van der Waals surface area contributed by atoms with Gasteiger partial charge in [0, 0.05) is 14.1 Å². The van der Waals surface area contributed by atoms with Crippen molar-refractivity contribution in [2.24, 2.45) is 14.1 Å². The highest BCUT2D eigenvalue weighted by atomic mass is 35.5. The Morgan fingerprint density at radius 3 is 2.45 bits per heavy atom. The number of hydrogen-bond acceptors (Lipinski definition) is 4. The van der Waals surface area contributed by atoms with Gasteiger partial charge in [-0.15, -0.1) is 0 Å². The Labute approximate surface area is 118 Å². The summed E-state index contributed by atoms with van der Waals surface area (Å²) in [6.07, 6.45) is 0. The zero-order valence-electron chi connectivity index (χ0n) is 10.8. The molecular weight excluding hydrogens is 284 g/mol. The van der Waals surface area contributed by atoms with Gasteiger partial charge in [-0.2, -0.15) is 0 Å². The van der Waals surface area contributed by atoms with Gasteiger partial charge >= 0.3 is 11.7 Å². The van der Waals surface area contributed by atoms with Gasteiger partial charge in [-0.3, -0.25) is 13.9 Å². The van der Waals surface area contributed by atoms with E-state index in [1.807, 2.05) is 0 Å². The van der Waals surface area contributed by atoms with Crippen molar-refractivity contribution in [1.82, 2.24) is 9.13 Å². The summed E-state index contributed by atoms with van der Waals surface area (Å²) in [7, 11) is 2.74. The van der Waals surface area contributed by atoms with Gasteiger partial charge in [0.15, 0.2) is 0 Å². The minimum absolute atomic E-state index is 0.136. The summed E-state index contributed by atoms with van der Waals surface area (Å²) in [4.78, 5) is 35.2. The maximum Gasteiger partial charge on any atom is 0.346 e. The average Bonchev–Trinajstić information content (AvgIpc) is 2.42. The lowest BCUT2D eigenvalue weighted by Gasteiger charge is -2.10. The van der Waals surface area contributed by atoms with Crippen molar-refractivity contribution >= 4 is 17.6 Å². The third kappa shape index (κ3) is 2.50. The second-order valence-corrected chi connectivity index (χ2v) is 4.50. The number of carbonyl (C=O) groups is 1. The summed E-state index contributed by atoms with van der Waals surface area (Å²) >= 11 is 5.88. The Hall–Kier alpha value is -2.34. The molecule has 104 valence electrons. The van der Waals surface area contributed by atoms with Crippen molar-refractivity contribution < 1.29 is 9.53 Å². The van der Waals surface area contributed by atoms with Gasteiger partial charge in [-0.25, -0.2) is 9.59 Å². The molecular formula is C13H11ClN2O4. The van der Waals surface area contributed by atoms with E-state index in [4.69, 9.17) is 16.3 Å². The van der Waals surface area contributed by atoms with Crippen LogP contribution in [0.25, 0.3) is 0 Å². The van der Waals surface area contributed by atoms with Crippen LogP contribution >= 0.6 is 11.6 Å². The number of halogens is 1. The lowest BCUT2D eigenvalue weighted by Crippen LogP contribution is -2.37. The molecule has 0 aliphatic carbocycles. The van der Waals surface area contributed by atoms with E-state index in [2.05, 4.69) is 0 Å². The number of benzene rings is 1. The van der Waals surface area contributed by atoms with Crippen molar-refractivity contribution in [3.05, 3.63) is 61.8 Å². The molecule has 2 rings (SSSR count). The smallest absolute Gasteiger partial charge is 0.346 e. The fourth-order valence-corrected chi connectivity index (χ4v) is 1.80. The molecule has 0 unspecified atom stereocenters. The van der Waals surface area contributed by atoms with Crippen molar-refractivity contribution in [2.75, 3.05) is 0 Å². The maximum absolute atomic E-state index is 12.0. The number of esters is 1. The van der Waals surface area contributed by atoms with Crippen molar-refractivity contribution in [3.63, 3.8) is 0 Å². The van der Waals surface area contributed by atoms with Crippen LogP contribution in [-0.4, -0.2) is 15.1 Å². The monoisotopic (exact) mass is 294 g/mol. The zero-order chi connectivity index (χ0) is 14.9. The van der Waals surface area contributed by atoms with Crippen LogP contribution in [0.2, 0.25) is 5.02 Å². The molecule has 2 aromatic rings. The Morgan fingerprint density at radius 1 is 1.15 bits per heavy atom. The molecule has 0 saturated carbocycles. The summed E-state index contributed by atoms with van der Waals surface area (Å²) in [5.74, 6) is -0.873. The fourth-order valence-electron chi connectivity index (χ4n) is 1.59. The van der Waals surface area contributed by atoms with Gasteiger partial charge < -0.3 is 4.74 Å². The van der Waals surface area contributed by atoms with Crippen molar-refractivity contribution in [2.45, 2.75) is 0 Å². The topological polar surface area (TPSA) is 70.3 Å². The van der Waals surface area contributed by atoms with Gasteiger partial charge in [0.2, 0.25) is 5.88 Å². The van der Waals surface area contributed by atoms with Crippen LogP contribution in [0.3, 0.4) is 0 Å². The van der Waals surface area contributed by atoms with Crippen molar-refractivity contribution in [1.29, 1.82) is 0 Å². The van der Waals surface area contributed by atoms with Gasteiger partial charge in [0.05, 0.1) is 16.7 Å². The Balaban J connectivity index is 2.42. The molecule has 7 heteroatoms. The molecule has 0 N–H and O–H groups in total.